The Labute approximate surface area is 187 Å². The molecule has 0 spiro atoms. The number of para-hydroxylation sites is 2. The Bertz CT molecular complexity index is 1180. The molecule has 6 nitrogen and oxygen atoms in total. The molecule has 2 atom stereocenters. The lowest BCUT2D eigenvalue weighted by molar-refractivity contribution is 0.0599. The van der Waals surface area contributed by atoms with E-state index in [9.17, 15) is 17.2 Å². The van der Waals surface area contributed by atoms with Gasteiger partial charge in [0.15, 0.2) is 0 Å². The van der Waals surface area contributed by atoms with Crippen molar-refractivity contribution < 1.29 is 17.2 Å². The van der Waals surface area contributed by atoms with Crippen molar-refractivity contribution in [2.24, 2.45) is 5.92 Å². The molecule has 0 bridgehead atoms. The molecule has 172 valence electrons. The van der Waals surface area contributed by atoms with Crippen LogP contribution < -0.4 is 4.72 Å². The highest BCUT2D eigenvalue weighted by Gasteiger charge is 2.30. The highest BCUT2D eigenvalue weighted by molar-refractivity contribution is 7.89. The maximum absolute atomic E-state index is 13.9. The Hall–Kier alpha value is -2.36. The summed E-state index contributed by atoms with van der Waals surface area (Å²) in [5.74, 6) is 0.429. The van der Waals surface area contributed by atoms with Crippen LogP contribution in [0.1, 0.15) is 43.7 Å². The molecule has 1 aromatic heterocycles. The first-order valence-electron chi connectivity index (χ1n) is 10.8. The summed E-state index contributed by atoms with van der Waals surface area (Å²) in [4.78, 5) is 6.86. The minimum absolute atomic E-state index is 0.0933. The van der Waals surface area contributed by atoms with Crippen LogP contribution in [-0.4, -0.2) is 42.5 Å². The first kappa shape index (κ1) is 22.8. The van der Waals surface area contributed by atoms with E-state index in [0.29, 0.717) is 29.9 Å². The van der Waals surface area contributed by atoms with Gasteiger partial charge in [0.05, 0.1) is 22.0 Å². The summed E-state index contributed by atoms with van der Waals surface area (Å²) in [5, 5.41) is 0. The third-order valence-electron chi connectivity index (χ3n) is 6.18. The summed E-state index contributed by atoms with van der Waals surface area (Å²) in [6.45, 7) is 2.80. The van der Waals surface area contributed by atoms with E-state index in [4.69, 9.17) is 0 Å². The molecule has 1 saturated heterocycles. The van der Waals surface area contributed by atoms with Crippen molar-refractivity contribution in [3.8, 4) is 0 Å². The normalized spacial score (nSPS) is 19.0. The quantitative estimate of drug-likeness (QED) is 0.562. The van der Waals surface area contributed by atoms with E-state index in [0.717, 1.165) is 29.5 Å². The molecule has 0 saturated carbocycles. The highest BCUT2D eigenvalue weighted by atomic mass is 32.2. The largest absolute Gasteiger partial charge is 0.320 e. The zero-order valence-corrected chi connectivity index (χ0v) is 19.0. The van der Waals surface area contributed by atoms with Crippen molar-refractivity contribution >= 4 is 21.1 Å². The van der Waals surface area contributed by atoms with Crippen molar-refractivity contribution in [3.05, 3.63) is 59.9 Å². The number of piperidine rings is 1. The van der Waals surface area contributed by atoms with Gasteiger partial charge >= 0.3 is 6.55 Å². The molecular weight excluding hydrogens is 434 g/mol. The van der Waals surface area contributed by atoms with Gasteiger partial charge in [-0.15, -0.1) is 0 Å². The average Bonchev–Trinajstić information content (AvgIpc) is 3.18. The number of hydrogen-bond acceptors (Lipinski definition) is 4. The average molecular weight is 463 g/mol. The topological polar surface area (TPSA) is 67.2 Å². The summed E-state index contributed by atoms with van der Waals surface area (Å²) in [6.07, 6.45) is 1.75. The van der Waals surface area contributed by atoms with Gasteiger partial charge in [0.25, 0.3) is 0 Å². The number of halogens is 2. The molecule has 2 heterocycles. The lowest BCUT2D eigenvalue weighted by atomic mass is 9.97. The number of imidazole rings is 1. The van der Waals surface area contributed by atoms with Gasteiger partial charge in [-0.1, -0.05) is 29.8 Å². The first-order chi connectivity index (χ1) is 15.3. The van der Waals surface area contributed by atoms with Crippen molar-refractivity contribution in [3.63, 3.8) is 0 Å². The number of hydrogen-bond donors (Lipinski definition) is 1. The second kappa shape index (κ2) is 9.25. The number of aromatic nitrogens is 2. The van der Waals surface area contributed by atoms with Crippen LogP contribution >= 0.6 is 0 Å². The SMILES string of the molecule is Cc1ccc(S(=O)(=O)NCC2CCCN(C(C)c3nc4ccccc4n3C(F)F)C2)cc1. The number of alkyl halides is 2. The second-order valence-corrected chi connectivity index (χ2v) is 10.2. The van der Waals surface area contributed by atoms with Crippen LogP contribution in [-0.2, 0) is 10.0 Å². The fourth-order valence-corrected chi connectivity index (χ4v) is 5.49. The zero-order chi connectivity index (χ0) is 22.9. The number of fused-ring (bicyclic) bond motifs is 1. The van der Waals surface area contributed by atoms with Crippen molar-refractivity contribution in [1.82, 2.24) is 19.2 Å². The van der Waals surface area contributed by atoms with E-state index in [1.807, 2.05) is 13.8 Å². The molecule has 0 aliphatic carbocycles. The highest BCUT2D eigenvalue weighted by Crippen LogP contribution is 2.31. The minimum atomic E-state index is -3.59. The predicted octanol–water partition coefficient (Wildman–Crippen LogP) is 4.49. The third kappa shape index (κ3) is 4.69. The lowest BCUT2D eigenvalue weighted by Gasteiger charge is -2.36. The number of nitrogens with one attached hydrogen (secondary N) is 1. The minimum Gasteiger partial charge on any atom is -0.293 e. The number of aryl methyl sites for hydroxylation is 1. The number of nitrogens with zero attached hydrogens (tertiary/aromatic N) is 3. The van der Waals surface area contributed by atoms with Gasteiger partial charge in [-0.05, 0) is 63.4 Å². The Morgan fingerprint density at radius 3 is 2.59 bits per heavy atom. The molecule has 2 aromatic carbocycles. The van der Waals surface area contributed by atoms with Gasteiger partial charge in [0.1, 0.15) is 5.82 Å². The summed E-state index contributed by atoms with van der Waals surface area (Å²) in [7, 11) is -3.59. The second-order valence-electron chi connectivity index (χ2n) is 8.45. The summed E-state index contributed by atoms with van der Waals surface area (Å²) in [5.41, 5.74) is 1.97. The van der Waals surface area contributed by atoms with E-state index in [1.165, 1.54) is 0 Å². The van der Waals surface area contributed by atoms with Gasteiger partial charge in [0, 0.05) is 13.1 Å². The van der Waals surface area contributed by atoms with Gasteiger partial charge in [-0.3, -0.25) is 9.47 Å². The van der Waals surface area contributed by atoms with Crippen molar-refractivity contribution in [1.29, 1.82) is 0 Å². The van der Waals surface area contributed by atoms with Gasteiger partial charge in [-0.25, -0.2) is 18.1 Å². The van der Waals surface area contributed by atoms with Crippen molar-refractivity contribution in [2.45, 2.75) is 44.2 Å². The van der Waals surface area contributed by atoms with E-state index >= 15 is 0 Å². The molecule has 1 N–H and O–H groups in total. The lowest BCUT2D eigenvalue weighted by Crippen LogP contribution is -2.42. The van der Waals surface area contributed by atoms with Crippen LogP contribution in [0.15, 0.2) is 53.4 Å². The summed E-state index contributed by atoms with van der Waals surface area (Å²) >= 11 is 0. The third-order valence-corrected chi connectivity index (χ3v) is 7.62. The Morgan fingerprint density at radius 1 is 1.16 bits per heavy atom. The van der Waals surface area contributed by atoms with Crippen molar-refractivity contribution in [2.75, 3.05) is 19.6 Å². The zero-order valence-electron chi connectivity index (χ0n) is 18.2. The molecule has 0 radical (unpaired) electrons. The fraction of sp³-hybridized carbons (Fsp3) is 0.435. The summed E-state index contributed by atoms with van der Waals surface area (Å²) in [6, 6.07) is 13.3. The van der Waals surface area contributed by atoms with E-state index in [2.05, 4.69) is 14.6 Å². The summed E-state index contributed by atoms with van der Waals surface area (Å²) < 4.78 is 56.7. The fourth-order valence-electron chi connectivity index (χ4n) is 4.37. The number of rotatable bonds is 7. The number of sulfonamides is 1. The molecule has 4 rings (SSSR count). The Morgan fingerprint density at radius 2 is 1.88 bits per heavy atom. The molecule has 9 heteroatoms. The molecule has 3 aromatic rings. The Balaban J connectivity index is 1.47. The molecule has 2 unspecified atom stereocenters. The molecule has 1 aliphatic heterocycles. The Kier molecular flexibility index (Phi) is 6.60. The first-order valence-corrected chi connectivity index (χ1v) is 12.3. The standard InChI is InChI=1S/C23H28F2N4O2S/c1-16-9-11-19(12-10-16)32(30,31)26-14-18-6-5-13-28(15-18)17(2)22-27-20-7-3-4-8-21(20)29(22)23(24)25/h3-4,7-12,17-18,23,26H,5-6,13-15H2,1-2H3. The van der Waals surface area contributed by atoms with Crippen LogP contribution in [0, 0.1) is 12.8 Å². The molecular formula is C23H28F2N4O2S. The van der Waals surface area contributed by atoms with Gasteiger partial charge in [0.2, 0.25) is 10.0 Å². The van der Waals surface area contributed by atoms with Gasteiger partial charge < -0.3 is 0 Å². The molecule has 1 fully saturated rings. The number of likely N-dealkylation sites (tertiary alicyclic amines) is 1. The smallest absolute Gasteiger partial charge is 0.293 e. The van der Waals surface area contributed by atoms with Crippen LogP contribution in [0.5, 0.6) is 0 Å². The van der Waals surface area contributed by atoms with Crippen LogP contribution in [0.3, 0.4) is 0 Å². The number of benzene rings is 2. The maximum atomic E-state index is 13.9. The van der Waals surface area contributed by atoms with E-state index in [1.54, 1.807) is 48.5 Å². The van der Waals surface area contributed by atoms with E-state index in [-0.39, 0.29) is 16.9 Å². The predicted molar refractivity (Wildman–Crippen MR) is 120 cm³/mol. The molecule has 1 aliphatic rings. The van der Waals surface area contributed by atoms with Gasteiger partial charge in [-0.2, -0.15) is 8.78 Å². The van der Waals surface area contributed by atoms with E-state index < -0.39 is 16.6 Å². The van der Waals surface area contributed by atoms with Crippen LogP contribution in [0.2, 0.25) is 0 Å². The molecule has 0 amide bonds. The molecule has 32 heavy (non-hydrogen) atoms. The monoisotopic (exact) mass is 462 g/mol. The van der Waals surface area contributed by atoms with Crippen LogP contribution in [0.4, 0.5) is 8.78 Å². The maximum Gasteiger partial charge on any atom is 0.320 e. The van der Waals surface area contributed by atoms with Crippen LogP contribution in [0.25, 0.3) is 11.0 Å².